The molecule has 1 amide bonds. The molecule has 0 aromatic carbocycles. The van der Waals surface area contributed by atoms with Gasteiger partial charge in [0.15, 0.2) is 0 Å². The number of aliphatic imine (C=N–C) groups is 1. The van der Waals surface area contributed by atoms with E-state index in [1.165, 1.54) is 12.1 Å². The molecule has 0 spiro atoms. The van der Waals surface area contributed by atoms with Crippen LogP contribution < -0.4 is 0 Å². The molecule has 0 radical (unpaired) electrons. The highest BCUT2D eigenvalue weighted by Gasteiger charge is 2.22. The SMILES string of the molecule is CC1=NCCN1C(=O)c1cc(Cl)nc(Cl)c1. The van der Waals surface area contributed by atoms with Gasteiger partial charge in [-0.1, -0.05) is 23.2 Å². The zero-order valence-electron chi connectivity index (χ0n) is 8.57. The Bertz CT molecular complexity index is 453. The van der Waals surface area contributed by atoms with E-state index in [1.807, 2.05) is 0 Å². The van der Waals surface area contributed by atoms with Crippen molar-refractivity contribution in [3.05, 3.63) is 28.0 Å². The molecule has 1 aliphatic heterocycles. The second-order valence-electron chi connectivity index (χ2n) is 3.39. The Morgan fingerprint density at radius 2 is 2.00 bits per heavy atom. The zero-order chi connectivity index (χ0) is 11.7. The van der Waals surface area contributed by atoms with E-state index in [0.29, 0.717) is 24.5 Å². The lowest BCUT2D eigenvalue weighted by atomic mass is 10.2. The predicted molar refractivity (Wildman–Crippen MR) is 63.3 cm³/mol. The highest BCUT2D eigenvalue weighted by Crippen LogP contribution is 2.17. The highest BCUT2D eigenvalue weighted by atomic mass is 35.5. The second kappa shape index (κ2) is 4.39. The molecule has 6 heteroatoms. The molecule has 2 heterocycles. The van der Waals surface area contributed by atoms with E-state index in [1.54, 1.807) is 11.8 Å². The fraction of sp³-hybridized carbons (Fsp3) is 0.300. The maximum absolute atomic E-state index is 12.1. The van der Waals surface area contributed by atoms with Crippen LogP contribution in [0, 0.1) is 0 Å². The van der Waals surface area contributed by atoms with E-state index in [9.17, 15) is 4.79 Å². The number of halogens is 2. The molecule has 0 saturated heterocycles. The van der Waals surface area contributed by atoms with E-state index >= 15 is 0 Å². The summed E-state index contributed by atoms with van der Waals surface area (Å²) in [6.45, 7) is 3.04. The molecule has 0 fully saturated rings. The van der Waals surface area contributed by atoms with Crippen LogP contribution in [0.5, 0.6) is 0 Å². The van der Waals surface area contributed by atoms with Crippen molar-refractivity contribution in [2.45, 2.75) is 6.92 Å². The van der Waals surface area contributed by atoms with Crippen molar-refractivity contribution in [3.8, 4) is 0 Å². The molecule has 1 aliphatic rings. The normalized spacial score (nSPS) is 15.2. The van der Waals surface area contributed by atoms with Crippen molar-refractivity contribution in [3.63, 3.8) is 0 Å². The van der Waals surface area contributed by atoms with Crippen molar-refractivity contribution < 1.29 is 4.79 Å². The highest BCUT2D eigenvalue weighted by molar-refractivity contribution is 6.33. The molecule has 0 bridgehead atoms. The molecule has 0 unspecified atom stereocenters. The molecule has 1 aromatic heterocycles. The van der Waals surface area contributed by atoms with Crippen LogP contribution >= 0.6 is 23.2 Å². The number of aromatic nitrogens is 1. The molecule has 0 atom stereocenters. The first kappa shape index (κ1) is 11.4. The summed E-state index contributed by atoms with van der Waals surface area (Å²) in [6.07, 6.45) is 0. The Hall–Kier alpha value is -1.13. The summed E-state index contributed by atoms with van der Waals surface area (Å²) in [5.41, 5.74) is 0.432. The van der Waals surface area contributed by atoms with E-state index < -0.39 is 0 Å². The van der Waals surface area contributed by atoms with Crippen molar-refractivity contribution in [1.29, 1.82) is 0 Å². The minimum absolute atomic E-state index is 0.148. The lowest BCUT2D eigenvalue weighted by Gasteiger charge is -2.15. The minimum Gasteiger partial charge on any atom is -0.295 e. The summed E-state index contributed by atoms with van der Waals surface area (Å²) >= 11 is 11.5. The number of amides is 1. The third-order valence-corrected chi connectivity index (χ3v) is 2.70. The van der Waals surface area contributed by atoms with Crippen LogP contribution in [0.2, 0.25) is 10.3 Å². The molecule has 2 rings (SSSR count). The van der Waals surface area contributed by atoms with Crippen molar-refractivity contribution >= 4 is 34.9 Å². The summed E-state index contributed by atoms with van der Waals surface area (Å²) < 4.78 is 0. The number of nitrogens with zero attached hydrogens (tertiary/aromatic N) is 3. The van der Waals surface area contributed by atoms with Crippen LogP contribution in [0.3, 0.4) is 0 Å². The van der Waals surface area contributed by atoms with Gasteiger partial charge in [-0.3, -0.25) is 14.7 Å². The van der Waals surface area contributed by atoms with Gasteiger partial charge < -0.3 is 0 Å². The van der Waals surface area contributed by atoms with Crippen LogP contribution in [0.4, 0.5) is 0 Å². The Balaban J connectivity index is 2.30. The van der Waals surface area contributed by atoms with Gasteiger partial charge in [-0.05, 0) is 19.1 Å². The van der Waals surface area contributed by atoms with Crippen molar-refractivity contribution in [2.75, 3.05) is 13.1 Å². The van der Waals surface area contributed by atoms with Gasteiger partial charge in [-0.2, -0.15) is 0 Å². The second-order valence-corrected chi connectivity index (χ2v) is 4.16. The minimum atomic E-state index is -0.148. The van der Waals surface area contributed by atoms with E-state index in [2.05, 4.69) is 9.98 Å². The molecular formula is C10H9Cl2N3O. The molecule has 0 aliphatic carbocycles. The molecule has 16 heavy (non-hydrogen) atoms. The van der Waals surface area contributed by atoms with Gasteiger partial charge in [-0.25, -0.2) is 4.98 Å². The van der Waals surface area contributed by atoms with Crippen LogP contribution in [0.25, 0.3) is 0 Å². The maximum Gasteiger partial charge on any atom is 0.259 e. The van der Waals surface area contributed by atoms with E-state index in [4.69, 9.17) is 23.2 Å². The fourth-order valence-corrected chi connectivity index (χ4v) is 2.01. The van der Waals surface area contributed by atoms with Gasteiger partial charge in [0, 0.05) is 12.1 Å². The average Bonchev–Trinajstić information content (AvgIpc) is 2.62. The van der Waals surface area contributed by atoms with Crippen LogP contribution in [-0.4, -0.2) is 34.7 Å². The van der Waals surface area contributed by atoms with Gasteiger partial charge in [-0.15, -0.1) is 0 Å². The Morgan fingerprint density at radius 3 is 2.50 bits per heavy atom. The number of pyridine rings is 1. The quantitative estimate of drug-likeness (QED) is 0.725. The molecule has 4 nitrogen and oxygen atoms in total. The summed E-state index contributed by atoms with van der Waals surface area (Å²) in [5, 5.41) is 0.425. The first-order chi connectivity index (χ1) is 7.58. The zero-order valence-corrected chi connectivity index (χ0v) is 10.1. The van der Waals surface area contributed by atoms with Crippen LogP contribution in [-0.2, 0) is 0 Å². The first-order valence-electron chi connectivity index (χ1n) is 4.74. The average molecular weight is 258 g/mol. The Kier molecular flexibility index (Phi) is 3.12. The number of carbonyl (C=O) groups is 1. The summed E-state index contributed by atoms with van der Waals surface area (Å²) in [7, 11) is 0. The van der Waals surface area contributed by atoms with Crippen molar-refractivity contribution in [1.82, 2.24) is 9.88 Å². The number of hydrogen-bond donors (Lipinski definition) is 0. The number of amidine groups is 1. The third-order valence-electron chi connectivity index (χ3n) is 2.31. The van der Waals surface area contributed by atoms with Gasteiger partial charge >= 0.3 is 0 Å². The molecule has 0 N–H and O–H groups in total. The summed E-state index contributed by atoms with van der Waals surface area (Å²) in [6, 6.07) is 3.00. The third kappa shape index (κ3) is 2.18. The van der Waals surface area contributed by atoms with Gasteiger partial charge in [0.2, 0.25) is 0 Å². The van der Waals surface area contributed by atoms with Gasteiger partial charge in [0.1, 0.15) is 16.1 Å². The molecule has 84 valence electrons. The standard InChI is InChI=1S/C10H9Cl2N3O/c1-6-13-2-3-15(6)10(16)7-4-8(11)14-9(12)5-7/h4-5H,2-3H2,1H3. The summed E-state index contributed by atoms with van der Waals surface area (Å²) in [5.74, 6) is 0.569. The Labute approximate surface area is 103 Å². The van der Waals surface area contributed by atoms with E-state index in [0.717, 1.165) is 0 Å². The smallest absolute Gasteiger partial charge is 0.259 e. The monoisotopic (exact) mass is 257 g/mol. The Morgan fingerprint density at radius 1 is 1.38 bits per heavy atom. The number of rotatable bonds is 1. The largest absolute Gasteiger partial charge is 0.295 e. The van der Waals surface area contributed by atoms with Crippen molar-refractivity contribution in [2.24, 2.45) is 4.99 Å². The lowest BCUT2D eigenvalue weighted by molar-refractivity contribution is 0.0857. The predicted octanol–water partition coefficient (Wildman–Crippen LogP) is 2.26. The first-order valence-corrected chi connectivity index (χ1v) is 5.49. The molecule has 1 aromatic rings. The maximum atomic E-state index is 12.1. The topological polar surface area (TPSA) is 45.6 Å². The number of carbonyl (C=O) groups excluding carboxylic acids is 1. The lowest BCUT2D eigenvalue weighted by Crippen LogP contribution is -2.32. The molecule has 0 saturated carbocycles. The van der Waals surface area contributed by atoms with Crippen LogP contribution in [0.15, 0.2) is 17.1 Å². The van der Waals surface area contributed by atoms with Gasteiger partial charge in [0.05, 0.1) is 6.54 Å². The summed E-state index contributed by atoms with van der Waals surface area (Å²) in [4.78, 5) is 21.6. The molecular weight excluding hydrogens is 249 g/mol. The van der Waals surface area contributed by atoms with Crippen LogP contribution in [0.1, 0.15) is 17.3 Å². The fourth-order valence-electron chi connectivity index (χ4n) is 1.55. The van der Waals surface area contributed by atoms with Gasteiger partial charge in [0.25, 0.3) is 5.91 Å². The number of hydrogen-bond acceptors (Lipinski definition) is 3. The van der Waals surface area contributed by atoms with E-state index in [-0.39, 0.29) is 16.2 Å².